The Morgan fingerprint density at radius 2 is 2.18 bits per heavy atom. The van der Waals surface area contributed by atoms with Crippen LogP contribution in [0, 0.1) is 12.3 Å². The van der Waals surface area contributed by atoms with Crippen molar-refractivity contribution in [2.45, 2.75) is 33.1 Å². The number of hydrogen-bond acceptors (Lipinski definition) is 2. The van der Waals surface area contributed by atoms with E-state index in [-0.39, 0.29) is 0 Å². The Balaban J connectivity index is 2.13. The van der Waals surface area contributed by atoms with Crippen LogP contribution in [-0.2, 0) is 0 Å². The van der Waals surface area contributed by atoms with Crippen LogP contribution in [0.5, 0.6) is 0 Å². The van der Waals surface area contributed by atoms with E-state index < -0.39 is 0 Å². The number of thiocarbonyl (C=S) groups is 1. The molecular formula is C14H20N2S. The number of aryl methyl sites for hydroxylation is 1. The van der Waals surface area contributed by atoms with Gasteiger partial charge in [0.15, 0.2) is 0 Å². The average molecular weight is 248 g/mol. The van der Waals surface area contributed by atoms with Gasteiger partial charge in [0.25, 0.3) is 0 Å². The lowest BCUT2D eigenvalue weighted by atomic mass is 10.0. The van der Waals surface area contributed by atoms with Gasteiger partial charge in [-0.1, -0.05) is 25.2 Å². The molecule has 1 fully saturated rings. The highest BCUT2D eigenvalue weighted by Crippen LogP contribution is 2.48. The maximum Gasteiger partial charge on any atom is 0.106 e. The maximum atomic E-state index is 5.74. The third-order valence-electron chi connectivity index (χ3n) is 3.80. The van der Waals surface area contributed by atoms with Crippen molar-refractivity contribution in [3.63, 3.8) is 0 Å². The first-order chi connectivity index (χ1) is 8.06. The highest BCUT2D eigenvalue weighted by molar-refractivity contribution is 7.80. The van der Waals surface area contributed by atoms with Crippen LogP contribution < -0.4 is 11.1 Å². The van der Waals surface area contributed by atoms with E-state index >= 15 is 0 Å². The summed E-state index contributed by atoms with van der Waals surface area (Å²) in [6.45, 7) is 5.38. The van der Waals surface area contributed by atoms with E-state index in [1.54, 1.807) is 0 Å². The van der Waals surface area contributed by atoms with Gasteiger partial charge in [0.1, 0.15) is 4.99 Å². The zero-order valence-corrected chi connectivity index (χ0v) is 11.4. The number of rotatable bonds is 5. The van der Waals surface area contributed by atoms with Crippen molar-refractivity contribution in [3.8, 4) is 0 Å². The number of benzene rings is 1. The van der Waals surface area contributed by atoms with Crippen molar-refractivity contribution in [1.82, 2.24) is 0 Å². The molecule has 17 heavy (non-hydrogen) atoms. The second kappa shape index (κ2) is 4.65. The molecule has 3 heteroatoms. The van der Waals surface area contributed by atoms with E-state index in [2.05, 4.69) is 25.2 Å². The van der Waals surface area contributed by atoms with Gasteiger partial charge >= 0.3 is 0 Å². The predicted molar refractivity (Wildman–Crippen MR) is 77.5 cm³/mol. The van der Waals surface area contributed by atoms with Gasteiger partial charge in [0, 0.05) is 17.8 Å². The Kier molecular flexibility index (Phi) is 3.38. The molecule has 2 rings (SSSR count). The number of nitrogens with one attached hydrogen (secondary N) is 1. The highest BCUT2D eigenvalue weighted by Gasteiger charge is 2.40. The number of nitrogens with two attached hydrogens (primary N) is 1. The normalized spacial score (nSPS) is 16.6. The minimum atomic E-state index is 0.467. The molecule has 92 valence electrons. The lowest BCUT2D eigenvalue weighted by Crippen LogP contribution is -2.18. The second-order valence-electron chi connectivity index (χ2n) is 5.12. The fraction of sp³-hybridized carbons (Fsp3) is 0.500. The summed E-state index contributed by atoms with van der Waals surface area (Å²) in [6, 6.07) is 6.18. The van der Waals surface area contributed by atoms with Gasteiger partial charge in [0.2, 0.25) is 0 Å². The summed E-state index contributed by atoms with van der Waals surface area (Å²) in [6.07, 6.45) is 3.92. The van der Waals surface area contributed by atoms with Crippen molar-refractivity contribution in [3.05, 3.63) is 29.3 Å². The zero-order chi connectivity index (χ0) is 12.5. The summed E-state index contributed by atoms with van der Waals surface area (Å²) in [7, 11) is 0. The molecular weight excluding hydrogens is 228 g/mol. The fourth-order valence-electron chi connectivity index (χ4n) is 2.13. The first-order valence-electron chi connectivity index (χ1n) is 6.21. The van der Waals surface area contributed by atoms with Crippen molar-refractivity contribution in [1.29, 1.82) is 0 Å². The van der Waals surface area contributed by atoms with Gasteiger partial charge in [-0.2, -0.15) is 0 Å². The number of hydrogen-bond donors (Lipinski definition) is 2. The molecule has 3 N–H and O–H groups in total. The number of anilines is 1. The quantitative estimate of drug-likeness (QED) is 0.786. The summed E-state index contributed by atoms with van der Waals surface area (Å²) in [5.41, 5.74) is 9.54. The van der Waals surface area contributed by atoms with E-state index in [0.717, 1.165) is 17.8 Å². The lowest BCUT2D eigenvalue weighted by molar-refractivity contribution is 0.521. The molecule has 0 saturated heterocycles. The third-order valence-corrected chi connectivity index (χ3v) is 4.02. The van der Waals surface area contributed by atoms with Crippen molar-refractivity contribution in [2.24, 2.45) is 11.1 Å². The smallest absolute Gasteiger partial charge is 0.106 e. The molecule has 1 aromatic rings. The van der Waals surface area contributed by atoms with E-state index in [9.17, 15) is 0 Å². The largest absolute Gasteiger partial charge is 0.389 e. The molecule has 0 amide bonds. The topological polar surface area (TPSA) is 38.0 Å². The summed E-state index contributed by atoms with van der Waals surface area (Å²) < 4.78 is 0. The van der Waals surface area contributed by atoms with Gasteiger partial charge in [-0.3, -0.25) is 0 Å². The SMILES string of the molecule is CCC1(CNc2cc(C)ccc2C(N)=S)CC1. The van der Waals surface area contributed by atoms with E-state index in [0.29, 0.717) is 10.4 Å². The van der Waals surface area contributed by atoms with Gasteiger partial charge in [0.05, 0.1) is 0 Å². The Morgan fingerprint density at radius 1 is 1.47 bits per heavy atom. The molecule has 0 heterocycles. The Bertz CT molecular complexity index is 436. The molecule has 1 aliphatic carbocycles. The molecule has 0 aromatic heterocycles. The monoisotopic (exact) mass is 248 g/mol. The Hall–Kier alpha value is -1.09. The van der Waals surface area contributed by atoms with Gasteiger partial charge in [-0.25, -0.2) is 0 Å². The minimum absolute atomic E-state index is 0.467. The molecule has 1 saturated carbocycles. The van der Waals surface area contributed by atoms with Crippen LogP contribution in [0.1, 0.15) is 37.3 Å². The maximum absolute atomic E-state index is 5.74. The predicted octanol–water partition coefficient (Wildman–Crippen LogP) is 3.23. The molecule has 0 unspecified atom stereocenters. The summed E-state index contributed by atoms with van der Waals surface area (Å²) in [5.74, 6) is 0. The minimum Gasteiger partial charge on any atom is -0.389 e. The fourth-order valence-corrected chi connectivity index (χ4v) is 2.31. The first kappa shape index (κ1) is 12.4. The van der Waals surface area contributed by atoms with Crippen molar-refractivity contribution >= 4 is 22.9 Å². The van der Waals surface area contributed by atoms with Crippen LogP contribution in [0.2, 0.25) is 0 Å². The molecule has 0 bridgehead atoms. The van der Waals surface area contributed by atoms with Crippen LogP contribution in [0.25, 0.3) is 0 Å². The molecule has 2 nitrogen and oxygen atoms in total. The molecule has 1 aliphatic rings. The van der Waals surface area contributed by atoms with E-state index in [1.165, 1.54) is 24.8 Å². The highest BCUT2D eigenvalue weighted by atomic mass is 32.1. The summed E-state index contributed by atoms with van der Waals surface area (Å²) in [4.78, 5) is 0.467. The van der Waals surface area contributed by atoms with E-state index in [1.807, 2.05) is 12.1 Å². The molecule has 0 atom stereocenters. The summed E-state index contributed by atoms with van der Waals surface area (Å²) >= 11 is 5.08. The van der Waals surface area contributed by atoms with Crippen molar-refractivity contribution in [2.75, 3.05) is 11.9 Å². The van der Waals surface area contributed by atoms with Crippen LogP contribution in [-0.4, -0.2) is 11.5 Å². The van der Waals surface area contributed by atoms with Crippen molar-refractivity contribution < 1.29 is 0 Å². The molecule has 0 spiro atoms. The molecule has 0 aliphatic heterocycles. The van der Waals surface area contributed by atoms with Gasteiger partial charge in [-0.05, 0) is 49.3 Å². The molecule has 1 aromatic carbocycles. The van der Waals surface area contributed by atoms with Crippen LogP contribution in [0.15, 0.2) is 18.2 Å². The lowest BCUT2D eigenvalue weighted by Gasteiger charge is -2.17. The van der Waals surface area contributed by atoms with Gasteiger partial charge < -0.3 is 11.1 Å². The Labute approximate surface area is 109 Å². The first-order valence-corrected chi connectivity index (χ1v) is 6.61. The average Bonchev–Trinajstić information content (AvgIpc) is 3.07. The standard InChI is InChI=1S/C14H20N2S/c1-3-14(6-7-14)9-16-12-8-10(2)4-5-11(12)13(15)17/h4-5,8,16H,3,6-7,9H2,1-2H3,(H2,15,17). The summed E-state index contributed by atoms with van der Waals surface area (Å²) in [5, 5.41) is 3.52. The van der Waals surface area contributed by atoms with Crippen LogP contribution in [0.4, 0.5) is 5.69 Å². The zero-order valence-electron chi connectivity index (χ0n) is 10.5. The molecule has 0 radical (unpaired) electrons. The third kappa shape index (κ3) is 2.78. The Morgan fingerprint density at radius 3 is 2.71 bits per heavy atom. The second-order valence-corrected chi connectivity index (χ2v) is 5.56. The van der Waals surface area contributed by atoms with E-state index in [4.69, 9.17) is 18.0 Å². The van der Waals surface area contributed by atoms with Crippen LogP contribution in [0.3, 0.4) is 0 Å². The van der Waals surface area contributed by atoms with Crippen LogP contribution >= 0.6 is 12.2 Å². The van der Waals surface area contributed by atoms with Gasteiger partial charge in [-0.15, -0.1) is 0 Å².